The number of hydrogen-bond donors (Lipinski definition) is 0. The van der Waals surface area contributed by atoms with Crippen LogP contribution in [0, 0.1) is 6.92 Å². The molecule has 0 aromatic heterocycles. The van der Waals surface area contributed by atoms with Crippen LogP contribution in [0.3, 0.4) is 0 Å². The Labute approximate surface area is 118 Å². The van der Waals surface area contributed by atoms with Gasteiger partial charge >= 0.3 is 0 Å². The summed E-state index contributed by atoms with van der Waals surface area (Å²) >= 11 is 3.23. The Kier molecular flexibility index (Phi) is 4.97. The van der Waals surface area contributed by atoms with E-state index < -0.39 is 0 Å². The van der Waals surface area contributed by atoms with Gasteiger partial charge in [0.25, 0.3) is 0 Å². The first kappa shape index (κ1) is 15.2. The van der Waals surface area contributed by atoms with E-state index >= 15 is 0 Å². The van der Waals surface area contributed by atoms with Crippen molar-refractivity contribution in [1.29, 1.82) is 0 Å². The van der Waals surface area contributed by atoms with Crippen LogP contribution in [0.4, 0.5) is 0 Å². The first-order chi connectivity index (χ1) is 8.31. The van der Waals surface area contributed by atoms with Crippen LogP contribution in [-0.2, 0) is 5.41 Å². The normalized spacial score (nSPS) is 11.4. The summed E-state index contributed by atoms with van der Waals surface area (Å²) < 4.78 is 5.56. The summed E-state index contributed by atoms with van der Waals surface area (Å²) in [5, 5.41) is 0.340. The molecule has 0 aliphatic heterocycles. The van der Waals surface area contributed by atoms with Gasteiger partial charge in [0.15, 0.2) is 5.78 Å². The topological polar surface area (TPSA) is 26.3 Å². The molecule has 1 rings (SSSR count). The van der Waals surface area contributed by atoms with Gasteiger partial charge in [0.1, 0.15) is 5.75 Å². The van der Waals surface area contributed by atoms with E-state index in [0.29, 0.717) is 11.9 Å². The Bertz CT molecular complexity index is 445. The van der Waals surface area contributed by atoms with Gasteiger partial charge in [0.2, 0.25) is 0 Å². The second-order valence-electron chi connectivity index (χ2n) is 5.38. The molecular formula is C15H21BrO2. The number of ketones is 1. The quantitative estimate of drug-likeness (QED) is 0.613. The molecule has 1 aromatic rings. The number of ether oxygens (including phenoxy) is 1. The summed E-state index contributed by atoms with van der Waals surface area (Å²) in [6, 6.07) is 3.89. The molecule has 0 radical (unpaired) electrons. The predicted molar refractivity (Wildman–Crippen MR) is 79.2 cm³/mol. The molecule has 0 saturated heterocycles. The average molecular weight is 313 g/mol. The van der Waals surface area contributed by atoms with E-state index in [4.69, 9.17) is 4.74 Å². The molecule has 0 bridgehead atoms. The fourth-order valence-corrected chi connectivity index (χ4v) is 2.38. The second kappa shape index (κ2) is 5.87. The van der Waals surface area contributed by atoms with E-state index in [2.05, 4.69) is 36.7 Å². The first-order valence-corrected chi connectivity index (χ1v) is 7.30. The maximum Gasteiger partial charge on any atom is 0.173 e. The van der Waals surface area contributed by atoms with Gasteiger partial charge in [-0.3, -0.25) is 4.79 Å². The maximum atomic E-state index is 12.0. The highest BCUT2D eigenvalue weighted by Gasteiger charge is 2.21. The Morgan fingerprint density at radius 2 is 1.94 bits per heavy atom. The van der Waals surface area contributed by atoms with Crippen LogP contribution in [0.25, 0.3) is 0 Å². The minimum Gasteiger partial charge on any atom is -0.494 e. The molecule has 0 spiro atoms. The minimum absolute atomic E-state index is 0.00145. The van der Waals surface area contributed by atoms with Crippen molar-refractivity contribution in [2.24, 2.45) is 0 Å². The molecule has 0 heterocycles. The van der Waals surface area contributed by atoms with E-state index in [1.54, 1.807) is 0 Å². The number of carbonyl (C=O) groups is 1. The maximum absolute atomic E-state index is 12.0. The Morgan fingerprint density at radius 1 is 1.33 bits per heavy atom. The van der Waals surface area contributed by atoms with Gasteiger partial charge in [-0.1, -0.05) is 36.7 Å². The lowest BCUT2D eigenvalue weighted by molar-refractivity contribution is 0.102. The molecular weight excluding hydrogens is 292 g/mol. The average Bonchev–Trinajstić information content (AvgIpc) is 2.29. The molecule has 0 saturated carbocycles. The summed E-state index contributed by atoms with van der Waals surface area (Å²) in [5.41, 5.74) is 2.97. The molecule has 0 aliphatic rings. The zero-order valence-corrected chi connectivity index (χ0v) is 13.3. The van der Waals surface area contributed by atoms with Gasteiger partial charge in [0.05, 0.1) is 11.9 Å². The zero-order valence-electron chi connectivity index (χ0n) is 11.8. The van der Waals surface area contributed by atoms with Crippen LogP contribution in [0.1, 0.15) is 49.2 Å². The summed E-state index contributed by atoms with van der Waals surface area (Å²) in [6.07, 6.45) is 0. The number of benzene rings is 1. The van der Waals surface area contributed by atoms with Crippen LogP contribution in [0.15, 0.2) is 12.1 Å². The van der Waals surface area contributed by atoms with Crippen molar-refractivity contribution in [3.63, 3.8) is 0 Å². The van der Waals surface area contributed by atoms with Gasteiger partial charge in [-0.2, -0.15) is 0 Å². The number of alkyl halides is 1. The second-order valence-corrected chi connectivity index (χ2v) is 5.94. The van der Waals surface area contributed by atoms with Crippen molar-refractivity contribution >= 4 is 21.7 Å². The first-order valence-electron chi connectivity index (χ1n) is 6.18. The number of halogens is 1. The Balaban J connectivity index is 3.43. The molecule has 1 aromatic carbocycles. The molecule has 100 valence electrons. The van der Waals surface area contributed by atoms with Crippen LogP contribution in [0.2, 0.25) is 0 Å². The number of Topliss-reactive ketones (excluding diaryl/α,β-unsaturated/α-hetero) is 1. The molecule has 0 N–H and O–H groups in total. The standard InChI is InChI=1S/C15H21BrO2/c1-6-18-11-7-12(14(17)9-16)10(2)13(8-11)15(3,4)5/h7-8H,6,9H2,1-5H3. The van der Waals surface area contributed by atoms with Crippen LogP contribution < -0.4 is 4.74 Å². The van der Waals surface area contributed by atoms with Gasteiger partial charge in [-0.05, 0) is 42.5 Å². The Morgan fingerprint density at radius 3 is 2.39 bits per heavy atom. The van der Waals surface area contributed by atoms with E-state index in [-0.39, 0.29) is 11.2 Å². The van der Waals surface area contributed by atoms with Crippen LogP contribution in [-0.4, -0.2) is 17.7 Å². The third kappa shape index (κ3) is 3.35. The highest BCUT2D eigenvalue weighted by molar-refractivity contribution is 9.09. The molecule has 2 nitrogen and oxygen atoms in total. The van der Waals surface area contributed by atoms with Crippen molar-refractivity contribution in [2.75, 3.05) is 11.9 Å². The molecule has 0 unspecified atom stereocenters. The molecule has 3 heteroatoms. The van der Waals surface area contributed by atoms with Crippen LogP contribution in [0.5, 0.6) is 5.75 Å². The number of rotatable bonds is 4. The monoisotopic (exact) mass is 312 g/mol. The van der Waals surface area contributed by atoms with Gasteiger partial charge in [-0.25, -0.2) is 0 Å². The fraction of sp³-hybridized carbons (Fsp3) is 0.533. The van der Waals surface area contributed by atoms with E-state index in [9.17, 15) is 4.79 Å². The van der Waals surface area contributed by atoms with E-state index in [1.807, 2.05) is 26.0 Å². The van der Waals surface area contributed by atoms with Gasteiger partial charge in [-0.15, -0.1) is 0 Å². The predicted octanol–water partition coefficient (Wildman–Crippen LogP) is 4.27. The smallest absolute Gasteiger partial charge is 0.173 e. The van der Waals surface area contributed by atoms with Gasteiger partial charge in [0, 0.05) is 5.56 Å². The summed E-state index contributed by atoms with van der Waals surface area (Å²) in [6.45, 7) is 11.0. The van der Waals surface area contributed by atoms with Crippen molar-refractivity contribution in [2.45, 2.75) is 40.0 Å². The van der Waals surface area contributed by atoms with Crippen molar-refractivity contribution in [1.82, 2.24) is 0 Å². The van der Waals surface area contributed by atoms with E-state index in [0.717, 1.165) is 22.4 Å². The van der Waals surface area contributed by atoms with E-state index in [1.165, 1.54) is 0 Å². The molecule has 0 amide bonds. The van der Waals surface area contributed by atoms with Crippen molar-refractivity contribution < 1.29 is 9.53 Å². The largest absolute Gasteiger partial charge is 0.494 e. The minimum atomic E-state index is -0.00145. The molecule has 0 aliphatic carbocycles. The lowest BCUT2D eigenvalue weighted by Crippen LogP contribution is -2.16. The third-order valence-electron chi connectivity index (χ3n) is 2.92. The molecule has 18 heavy (non-hydrogen) atoms. The van der Waals surface area contributed by atoms with Crippen molar-refractivity contribution in [3.8, 4) is 5.75 Å². The zero-order chi connectivity index (χ0) is 13.9. The Hall–Kier alpha value is -0.830. The molecule has 0 fully saturated rings. The lowest BCUT2D eigenvalue weighted by atomic mass is 9.82. The number of hydrogen-bond acceptors (Lipinski definition) is 2. The van der Waals surface area contributed by atoms with Gasteiger partial charge < -0.3 is 4.74 Å². The lowest BCUT2D eigenvalue weighted by Gasteiger charge is -2.24. The highest BCUT2D eigenvalue weighted by atomic mass is 79.9. The fourth-order valence-electron chi connectivity index (χ4n) is 2.08. The summed E-state index contributed by atoms with van der Waals surface area (Å²) in [4.78, 5) is 12.0. The summed E-state index contributed by atoms with van der Waals surface area (Å²) in [5.74, 6) is 0.872. The third-order valence-corrected chi connectivity index (χ3v) is 3.43. The van der Waals surface area contributed by atoms with Crippen molar-refractivity contribution in [3.05, 3.63) is 28.8 Å². The summed E-state index contributed by atoms with van der Waals surface area (Å²) in [7, 11) is 0. The van der Waals surface area contributed by atoms with Crippen LogP contribution >= 0.6 is 15.9 Å². The molecule has 0 atom stereocenters. The number of carbonyl (C=O) groups excluding carboxylic acids is 1. The highest BCUT2D eigenvalue weighted by Crippen LogP contribution is 2.32. The SMILES string of the molecule is CCOc1cc(C(=O)CBr)c(C)c(C(C)(C)C)c1.